The molecule has 14 heavy (non-hydrogen) atoms. The average molecular weight is 189 g/mol. The normalized spacial score (nSPS) is 21.2. The minimum absolute atomic E-state index is 0.234. The van der Waals surface area contributed by atoms with Crippen molar-refractivity contribution in [1.82, 2.24) is 0 Å². The highest BCUT2D eigenvalue weighted by atomic mass is 16.6. The quantitative estimate of drug-likeness (QED) is 0.679. The lowest BCUT2D eigenvalue weighted by atomic mass is 10.2. The molecular weight excluding hydrogens is 178 g/mol. The van der Waals surface area contributed by atoms with E-state index in [-0.39, 0.29) is 12.2 Å². The number of ether oxygens (including phenoxy) is 1. The van der Waals surface area contributed by atoms with E-state index in [0.29, 0.717) is 5.70 Å². The van der Waals surface area contributed by atoms with Gasteiger partial charge in [-0.1, -0.05) is 24.8 Å². The largest absolute Gasteiger partial charge is 0.439 e. The maximum atomic E-state index is 11.4. The summed E-state index contributed by atoms with van der Waals surface area (Å²) < 4.78 is 5.03. The van der Waals surface area contributed by atoms with Gasteiger partial charge in [0.05, 0.1) is 11.4 Å². The van der Waals surface area contributed by atoms with Gasteiger partial charge in [0, 0.05) is 0 Å². The molecule has 0 bridgehead atoms. The van der Waals surface area contributed by atoms with Gasteiger partial charge >= 0.3 is 6.09 Å². The number of cyclic esters (lactones) is 1. The highest BCUT2D eigenvalue weighted by molar-refractivity contribution is 5.94. The van der Waals surface area contributed by atoms with Gasteiger partial charge in [-0.3, -0.25) is 0 Å². The predicted octanol–water partition coefficient (Wildman–Crippen LogP) is 2.55. The summed E-state index contributed by atoms with van der Waals surface area (Å²) in [5, 5.41) is 0. The number of nitrogens with zero attached hydrogens (tertiary/aromatic N) is 1. The fourth-order valence-electron chi connectivity index (χ4n) is 1.42. The Balaban J connectivity index is 2.36. The standard InChI is InChI=1S/C11H11NO2/c1-8-9(2)14-11(13)12(8)10-6-4-3-5-7-10/h3-7,9H,1H2,2H3. The first-order valence-corrected chi connectivity index (χ1v) is 4.45. The number of para-hydroxylation sites is 1. The summed E-state index contributed by atoms with van der Waals surface area (Å²) in [5.41, 5.74) is 1.48. The molecule has 1 aliphatic heterocycles. The van der Waals surface area contributed by atoms with Gasteiger partial charge < -0.3 is 4.74 Å². The van der Waals surface area contributed by atoms with Gasteiger partial charge in [-0.25, -0.2) is 9.69 Å². The van der Waals surface area contributed by atoms with Gasteiger partial charge in [0.15, 0.2) is 0 Å². The molecule has 1 unspecified atom stereocenters. The van der Waals surface area contributed by atoms with Gasteiger partial charge in [-0.05, 0) is 19.1 Å². The van der Waals surface area contributed by atoms with Crippen molar-refractivity contribution in [2.45, 2.75) is 13.0 Å². The second-order valence-corrected chi connectivity index (χ2v) is 3.19. The molecular formula is C11H11NO2. The van der Waals surface area contributed by atoms with Crippen LogP contribution in [0.4, 0.5) is 10.5 Å². The predicted molar refractivity (Wildman–Crippen MR) is 54.0 cm³/mol. The lowest BCUT2D eigenvalue weighted by molar-refractivity contribution is 0.154. The van der Waals surface area contributed by atoms with E-state index in [4.69, 9.17) is 4.74 Å². The van der Waals surface area contributed by atoms with Crippen LogP contribution in [-0.4, -0.2) is 12.2 Å². The smallest absolute Gasteiger partial charge is 0.419 e. The third kappa shape index (κ3) is 1.27. The summed E-state index contributed by atoms with van der Waals surface area (Å²) in [4.78, 5) is 12.9. The number of rotatable bonds is 1. The summed E-state index contributed by atoms with van der Waals surface area (Å²) >= 11 is 0. The van der Waals surface area contributed by atoms with Crippen LogP contribution in [-0.2, 0) is 4.74 Å². The number of hydrogen-bond donors (Lipinski definition) is 0. The second kappa shape index (κ2) is 3.18. The first-order valence-electron chi connectivity index (χ1n) is 4.45. The van der Waals surface area contributed by atoms with E-state index in [0.717, 1.165) is 5.69 Å². The molecule has 1 amide bonds. The van der Waals surface area contributed by atoms with Crippen LogP contribution < -0.4 is 4.90 Å². The van der Waals surface area contributed by atoms with Crippen LogP contribution in [0.3, 0.4) is 0 Å². The van der Waals surface area contributed by atoms with E-state index in [9.17, 15) is 4.79 Å². The SMILES string of the molecule is C=C1C(C)OC(=O)N1c1ccccc1. The molecule has 3 nitrogen and oxygen atoms in total. The second-order valence-electron chi connectivity index (χ2n) is 3.19. The van der Waals surface area contributed by atoms with Crippen LogP contribution in [0.5, 0.6) is 0 Å². The van der Waals surface area contributed by atoms with Crippen molar-refractivity contribution in [3.8, 4) is 0 Å². The van der Waals surface area contributed by atoms with Crippen molar-refractivity contribution in [1.29, 1.82) is 0 Å². The van der Waals surface area contributed by atoms with Gasteiger partial charge in [-0.15, -0.1) is 0 Å². The van der Waals surface area contributed by atoms with Crippen LogP contribution in [0.15, 0.2) is 42.6 Å². The van der Waals surface area contributed by atoms with Crippen molar-refractivity contribution < 1.29 is 9.53 Å². The molecule has 0 spiro atoms. The highest BCUT2D eigenvalue weighted by Gasteiger charge is 2.33. The van der Waals surface area contributed by atoms with Crippen molar-refractivity contribution in [3.05, 3.63) is 42.6 Å². The van der Waals surface area contributed by atoms with Crippen LogP contribution in [0, 0.1) is 0 Å². The summed E-state index contributed by atoms with van der Waals surface area (Å²) in [7, 11) is 0. The highest BCUT2D eigenvalue weighted by Crippen LogP contribution is 2.27. The zero-order valence-electron chi connectivity index (χ0n) is 7.93. The van der Waals surface area contributed by atoms with E-state index < -0.39 is 0 Å². The Morgan fingerprint density at radius 3 is 2.50 bits per heavy atom. The summed E-state index contributed by atoms with van der Waals surface area (Å²) in [6.07, 6.45) is -0.587. The maximum absolute atomic E-state index is 11.4. The van der Waals surface area contributed by atoms with Gasteiger partial charge in [0.1, 0.15) is 6.10 Å². The third-order valence-corrected chi connectivity index (χ3v) is 2.23. The lowest BCUT2D eigenvalue weighted by Gasteiger charge is -2.13. The molecule has 1 fully saturated rings. The van der Waals surface area contributed by atoms with Crippen LogP contribution >= 0.6 is 0 Å². The molecule has 1 heterocycles. The average Bonchev–Trinajstić information content (AvgIpc) is 2.43. The molecule has 72 valence electrons. The summed E-state index contributed by atoms with van der Waals surface area (Å²) in [6.45, 7) is 5.63. The van der Waals surface area contributed by atoms with Crippen LogP contribution in [0.2, 0.25) is 0 Å². The number of anilines is 1. The first kappa shape index (κ1) is 8.81. The maximum Gasteiger partial charge on any atom is 0.419 e. The number of benzene rings is 1. The molecule has 0 N–H and O–H groups in total. The van der Waals surface area contributed by atoms with Crippen molar-refractivity contribution in [3.63, 3.8) is 0 Å². The van der Waals surface area contributed by atoms with Gasteiger partial charge in [0.2, 0.25) is 0 Å². The Labute approximate surface area is 82.6 Å². The minimum atomic E-state index is -0.353. The molecule has 1 aromatic carbocycles. The van der Waals surface area contributed by atoms with E-state index in [2.05, 4.69) is 6.58 Å². The van der Waals surface area contributed by atoms with E-state index in [1.54, 1.807) is 0 Å². The number of amides is 1. The zero-order valence-corrected chi connectivity index (χ0v) is 7.93. The lowest BCUT2D eigenvalue weighted by Crippen LogP contribution is -2.21. The first-order chi connectivity index (χ1) is 6.70. The molecule has 0 aliphatic carbocycles. The summed E-state index contributed by atoms with van der Waals surface area (Å²) in [5.74, 6) is 0. The number of carbonyl (C=O) groups excluding carboxylic acids is 1. The molecule has 1 aliphatic rings. The Hall–Kier alpha value is -1.77. The molecule has 1 saturated heterocycles. The Kier molecular flexibility index (Phi) is 2.00. The molecule has 0 aromatic heterocycles. The molecule has 0 radical (unpaired) electrons. The van der Waals surface area contributed by atoms with Gasteiger partial charge in [0.25, 0.3) is 0 Å². The van der Waals surface area contributed by atoms with Crippen LogP contribution in [0.25, 0.3) is 0 Å². The molecule has 2 rings (SSSR count). The fourth-order valence-corrected chi connectivity index (χ4v) is 1.42. The fraction of sp³-hybridized carbons (Fsp3) is 0.182. The Bertz CT molecular complexity index is 372. The summed E-state index contributed by atoms with van der Waals surface area (Å²) in [6, 6.07) is 9.35. The third-order valence-electron chi connectivity index (χ3n) is 2.23. The Morgan fingerprint density at radius 1 is 1.36 bits per heavy atom. The van der Waals surface area contributed by atoms with Gasteiger partial charge in [-0.2, -0.15) is 0 Å². The Morgan fingerprint density at radius 2 is 2.00 bits per heavy atom. The molecule has 3 heteroatoms. The van der Waals surface area contributed by atoms with E-state index >= 15 is 0 Å². The topological polar surface area (TPSA) is 29.5 Å². The van der Waals surface area contributed by atoms with E-state index in [1.165, 1.54) is 4.90 Å². The monoisotopic (exact) mass is 189 g/mol. The van der Waals surface area contributed by atoms with E-state index in [1.807, 2.05) is 37.3 Å². The van der Waals surface area contributed by atoms with Crippen molar-refractivity contribution in [2.24, 2.45) is 0 Å². The van der Waals surface area contributed by atoms with Crippen LogP contribution in [0.1, 0.15) is 6.92 Å². The number of carbonyl (C=O) groups is 1. The zero-order chi connectivity index (χ0) is 10.1. The number of hydrogen-bond acceptors (Lipinski definition) is 2. The molecule has 0 saturated carbocycles. The molecule has 1 aromatic rings. The van der Waals surface area contributed by atoms with Crippen molar-refractivity contribution >= 4 is 11.8 Å². The minimum Gasteiger partial charge on any atom is -0.439 e. The van der Waals surface area contributed by atoms with Crippen molar-refractivity contribution in [2.75, 3.05) is 4.90 Å². The molecule has 1 atom stereocenters.